The topological polar surface area (TPSA) is 229 Å². The number of rotatable bonds is 6. The molecule has 2 aliphatic heterocycles. The third-order valence-electron chi connectivity index (χ3n) is 13.7. The van der Waals surface area contributed by atoms with Crippen LogP contribution in [-0.4, -0.2) is 127 Å². The van der Waals surface area contributed by atoms with E-state index in [9.17, 15) is 45.6 Å². The maximum absolute atomic E-state index is 12.5. The molecule has 14 nitrogen and oxygen atoms in total. The van der Waals surface area contributed by atoms with Crippen LogP contribution in [0.25, 0.3) is 0 Å². The Morgan fingerprint density at radius 1 is 0.860 bits per heavy atom. The van der Waals surface area contributed by atoms with Crippen molar-refractivity contribution >= 4 is 0 Å². The molecule has 0 radical (unpaired) electrons. The third kappa shape index (κ3) is 5.57. The fraction of sp³-hybridized carbons (Fsp3) is 0.806. The number of aliphatic hydroxyl groups is 8. The minimum atomic E-state index is -1.68. The summed E-state index contributed by atoms with van der Waals surface area (Å²) < 4.78 is 28.6. The first kappa shape index (κ1) is 36.6. The zero-order chi connectivity index (χ0) is 35.9. The van der Waals surface area contributed by atoms with Gasteiger partial charge in [-0.3, -0.25) is 0 Å². The van der Waals surface area contributed by atoms with Crippen LogP contribution in [0, 0.1) is 22.7 Å². The molecule has 18 unspecified atom stereocenters. The molecule has 18 atom stereocenters. The van der Waals surface area contributed by atoms with E-state index in [1.54, 1.807) is 13.0 Å². The van der Waals surface area contributed by atoms with Gasteiger partial charge in [0, 0.05) is 11.5 Å². The molecule has 1 aromatic rings. The van der Waals surface area contributed by atoms with Crippen molar-refractivity contribution in [1.29, 1.82) is 0 Å². The van der Waals surface area contributed by atoms with Gasteiger partial charge >= 0.3 is 5.63 Å². The van der Waals surface area contributed by atoms with E-state index in [1.165, 1.54) is 17.9 Å². The Labute approximate surface area is 290 Å². The maximum atomic E-state index is 12.5. The van der Waals surface area contributed by atoms with Crippen molar-refractivity contribution in [2.24, 2.45) is 22.7 Å². The molecule has 280 valence electrons. The fourth-order valence-electron chi connectivity index (χ4n) is 10.7. The summed E-state index contributed by atoms with van der Waals surface area (Å²) in [7, 11) is 0. The first-order valence-corrected chi connectivity index (χ1v) is 18.0. The smallest absolute Gasteiger partial charge is 0.335 e. The van der Waals surface area contributed by atoms with E-state index < -0.39 is 96.9 Å². The molecule has 3 saturated carbocycles. The molecular weight excluding hydrogens is 656 g/mol. The molecule has 3 heterocycles. The van der Waals surface area contributed by atoms with Crippen LogP contribution in [0.1, 0.15) is 77.2 Å². The highest BCUT2D eigenvalue weighted by Gasteiger charge is 2.70. The minimum Gasteiger partial charge on any atom is -0.431 e. The molecule has 50 heavy (non-hydrogen) atoms. The highest BCUT2D eigenvalue weighted by Crippen LogP contribution is 2.70. The van der Waals surface area contributed by atoms with Crippen LogP contribution in [0.5, 0.6) is 0 Å². The lowest BCUT2D eigenvalue weighted by Gasteiger charge is -2.63. The second kappa shape index (κ2) is 13.3. The summed E-state index contributed by atoms with van der Waals surface area (Å²) in [5, 5.41) is 86.6. The Kier molecular flexibility index (Phi) is 9.69. The standard InChI is InChI=1S/C36H52O14/c1-16-31(50-33-29(43)27(41)26(40)23(14-37)49-33)28(42)30(44)32(47-16)48-19-8-10-34(2)18(12-19)5-6-21-22(34)13-24(38)35(3)20(9-11-36(21,35)45)17-4-7-25(39)46-15-17/h4,7,12,15-16,19-24,26-33,37-38,40-45H,5-6,8-11,13-14H2,1-3H3. The second-order valence-corrected chi connectivity index (χ2v) is 16.0. The molecule has 5 fully saturated rings. The van der Waals surface area contributed by atoms with Gasteiger partial charge in [-0.15, -0.1) is 0 Å². The van der Waals surface area contributed by atoms with Crippen LogP contribution in [0.2, 0.25) is 0 Å². The fourth-order valence-corrected chi connectivity index (χ4v) is 10.7. The van der Waals surface area contributed by atoms with Crippen molar-refractivity contribution in [3.8, 4) is 0 Å². The van der Waals surface area contributed by atoms with E-state index in [0.29, 0.717) is 25.7 Å². The molecular formula is C36H52O14. The number of hydrogen-bond donors (Lipinski definition) is 8. The summed E-state index contributed by atoms with van der Waals surface area (Å²) in [6, 6.07) is 3.14. The van der Waals surface area contributed by atoms with E-state index in [-0.39, 0.29) is 23.2 Å². The Balaban J connectivity index is 1.03. The average molecular weight is 709 g/mol. The summed E-state index contributed by atoms with van der Waals surface area (Å²) in [4.78, 5) is 11.6. The van der Waals surface area contributed by atoms with Gasteiger partial charge in [-0.05, 0) is 86.7 Å². The predicted molar refractivity (Wildman–Crippen MR) is 172 cm³/mol. The molecule has 6 aliphatic rings. The van der Waals surface area contributed by atoms with E-state index in [2.05, 4.69) is 13.0 Å². The van der Waals surface area contributed by atoms with E-state index in [1.807, 2.05) is 6.92 Å². The van der Waals surface area contributed by atoms with Crippen LogP contribution < -0.4 is 5.63 Å². The number of hydrogen-bond acceptors (Lipinski definition) is 14. The van der Waals surface area contributed by atoms with Gasteiger partial charge in [0.2, 0.25) is 0 Å². The molecule has 0 aromatic carbocycles. The molecule has 2 saturated heterocycles. The van der Waals surface area contributed by atoms with Crippen LogP contribution in [-0.2, 0) is 18.9 Å². The van der Waals surface area contributed by atoms with Crippen LogP contribution in [0.15, 0.2) is 39.3 Å². The number of allylic oxidation sites excluding steroid dienone is 1. The number of aliphatic hydroxyl groups excluding tert-OH is 7. The van der Waals surface area contributed by atoms with Crippen molar-refractivity contribution in [2.45, 2.75) is 151 Å². The van der Waals surface area contributed by atoms with Crippen LogP contribution in [0.3, 0.4) is 0 Å². The number of ether oxygens (including phenoxy) is 4. The highest BCUT2D eigenvalue weighted by atomic mass is 16.7. The largest absolute Gasteiger partial charge is 0.431 e. The summed E-state index contributed by atoms with van der Waals surface area (Å²) >= 11 is 0. The molecule has 0 bridgehead atoms. The van der Waals surface area contributed by atoms with E-state index >= 15 is 0 Å². The Hall–Kier alpha value is -1.79. The maximum Gasteiger partial charge on any atom is 0.335 e. The van der Waals surface area contributed by atoms with E-state index in [4.69, 9.17) is 23.4 Å². The molecule has 0 amide bonds. The van der Waals surface area contributed by atoms with Gasteiger partial charge in [0.1, 0.15) is 42.7 Å². The van der Waals surface area contributed by atoms with Gasteiger partial charge in [0.15, 0.2) is 12.6 Å². The van der Waals surface area contributed by atoms with E-state index in [0.717, 1.165) is 24.8 Å². The quantitative estimate of drug-likeness (QED) is 0.179. The van der Waals surface area contributed by atoms with Crippen molar-refractivity contribution < 1.29 is 64.2 Å². The summed E-state index contributed by atoms with van der Waals surface area (Å²) in [5.41, 5.74) is -0.630. The lowest BCUT2D eigenvalue weighted by Crippen LogP contribution is -2.65. The van der Waals surface area contributed by atoms with Crippen molar-refractivity contribution in [3.63, 3.8) is 0 Å². The molecule has 4 aliphatic carbocycles. The Bertz CT molecular complexity index is 1460. The van der Waals surface area contributed by atoms with Crippen molar-refractivity contribution in [3.05, 3.63) is 46.0 Å². The molecule has 1 aromatic heterocycles. The Morgan fingerprint density at radius 3 is 2.28 bits per heavy atom. The van der Waals surface area contributed by atoms with Crippen LogP contribution in [0.4, 0.5) is 0 Å². The highest BCUT2D eigenvalue weighted by molar-refractivity contribution is 5.32. The summed E-state index contributed by atoms with van der Waals surface area (Å²) in [6.45, 7) is 5.16. The monoisotopic (exact) mass is 708 g/mol. The zero-order valence-electron chi connectivity index (χ0n) is 28.7. The second-order valence-electron chi connectivity index (χ2n) is 16.0. The first-order valence-electron chi connectivity index (χ1n) is 18.0. The Morgan fingerprint density at radius 2 is 1.58 bits per heavy atom. The van der Waals surface area contributed by atoms with Gasteiger partial charge in [-0.25, -0.2) is 4.79 Å². The normalized spacial score (nSPS) is 52.1. The van der Waals surface area contributed by atoms with Gasteiger partial charge in [-0.2, -0.15) is 0 Å². The first-order chi connectivity index (χ1) is 23.6. The average Bonchev–Trinajstić information content (AvgIpc) is 3.38. The molecule has 14 heteroatoms. The molecule has 0 spiro atoms. The predicted octanol–water partition coefficient (Wildman–Crippen LogP) is -0.191. The van der Waals surface area contributed by atoms with Gasteiger partial charge in [0.25, 0.3) is 0 Å². The van der Waals surface area contributed by atoms with Crippen LogP contribution >= 0.6 is 0 Å². The van der Waals surface area contributed by atoms with Crippen molar-refractivity contribution in [1.82, 2.24) is 0 Å². The molecule has 8 N–H and O–H groups in total. The van der Waals surface area contributed by atoms with Gasteiger partial charge < -0.3 is 64.2 Å². The summed E-state index contributed by atoms with van der Waals surface area (Å²) in [5.74, 6) is -0.150. The van der Waals surface area contributed by atoms with Crippen molar-refractivity contribution in [2.75, 3.05) is 6.61 Å². The van der Waals surface area contributed by atoms with Gasteiger partial charge in [-0.1, -0.05) is 25.5 Å². The minimum absolute atomic E-state index is 0.0303. The zero-order valence-corrected chi connectivity index (χ0v) is 28.7. The molecule has 7 rings (SSSR count). The lowest BCUT2D eigenvalue weighted by atomic mass is 9.44. The lowest BCUT2D eigenvalue weighted by molar-refractivity contribution is -0.357. The van der Waals surface area contributed by atoms with Gasteiger partial charge in [0.05, 0.1) is 36.8 Å². The third-order valence-corrected chi connectivity index (χ3v) is 13.7. The number of fused-ring (bicyclic) bond motifs is 5. The SMILES string of the molecule is CC1OC(OC2C=C3CCC4C(CC(O)C5(C)C(c6ccc(=O)oc6)CCC45O)C3(C)CC2)C(O)C(O)C1OC1OC(CO)C(O)C(O)C1O. The summed E-state index contributed by atoms with van der Waals surface area (Å²) in [6.07, 6.45) is -7.05.